The molecule has 3 nitrogen and oxygen atoms in total. The summed E-state index contributed by atoms with van der Waals surface area (Å²) in [6.45, 7) is 0. The van der Waals surface area contributed by atoms with Crippen molar-refractivity contribution in [2.24, 2.45) is 0 Å². The molecule has 84 valence electrons. The van der Waals surface area contributed by atoms with Crippen LogP contribution in [0.5, 0.6) is 0 Å². The Morgan fingerprint density at radius 1 is 1.07 bits per heavy atom. The third-order valence-corrected chi connectivity index (χ3v) is 2.04. The van der Waals surface area contributed by atoms with Crippen LogP contribution in [-0.2, 0) is 10.1 Å². The SMILES string of the molecule is C1=CCCCC1.O=S(=O)(O)C(F)(F)F. The van der Waals surface area contributed by atoms with E-state index in [0.717, 1.165) is 0 Å². The van der Waals surface area contributed by atoms with Crippen molar-refractivity contribution in [2.45, 2.75) is 31.2 Å². The van der Waals surface area contributed by atoms with Crippen LogP contribution >= 0.6 is 0 Å². The van der Waals surface area contributed by atoms with Gasteiger partial charge in [-0.25, -0.2) is 0 Å². The molecule has 0 atom stereocenters. The van der Waals surface area contributed by atoms with Gasteiger partial charge in [-0.15, -0.1) is 0 Å². The molecular weight excluding hydrogens is 221 g/mol. The second kappa shape index (κ2) is 5.35. The number of halogens is 3. The smallest absolute Gasteiger partial charge is 0.279 e. The molecule has 0 radical (unpaired) electrons. The third-order valence-electron chi connectivity index (χ3n) is 1.45. The van der Waals surface area contributed by atoms with Crippen LogP contribution in [0.1, 0.15) is 25.7 Å². The molecule has 14 heavy (non-hydrogen) atoms. The van der Waals surface area contributed by atoms with Gasteiger partial charge in [-0.2, -0.15) is 21.6 Å². The largest absolute Gasteiger partial charge is 0.522 e. The van der Waals surface area contributed by atoms with Crippen molar-refractivity contribution in [3.8, 4) is 0 Å². The number of hydrogen-bond acceptors (Lipinski definition) is 2. The summed E-state index contributed by atoms with van der Waals surface area (Å²) in [5, 5.41) is 0. The van der Waals surface area contributed by atoms with E-state index in [4.69, 9.17) is 13.0 Å². The Bertz CT molecular complexity index is 271. The fraction of sp³-hybridized carbons (Fsp3) is 0.714. The molecule has 0 aromatic rings. The monoisotopic (exact) mass is 232 g/mol. The predicted molar refractivity (Wildman–Crippen MR) is 45.2 cm³/mol. The second-order valence-electron chi connectivity index (χ2n) is 2.68. The van der Waals surface area contributed by atoms with Gasteiger partial charge in [-0.3, -0.25) is 4.55 Å². The summed E-state index contributed by atoms with van der Waals surface area (Å²) in [5.74, 6) is 0. The molecule has 0 fully saturated rings. The van der Waals surface area contributed by atoms with Gasteiger partial charge in [-0.1, -0.05) is 12.2 Å². The first-order chi connectivity index (χ1) is 6.25. The lowest BCUT2D eigenvalue weighted by Crippen LogP contribution is -2.21. The number of hydrogen-bond donors (Lipinski definition) is 1. The zero-order valence-electron chi connectivity index (χ0n) is 7.29. The number of rotatable bonds is 0. The molecule has 1 aliphatic carbocycles. The first-order valence-corrected chi connectivity index (χ1v) is 5.38. The summed E-state index contributed by atoms with van der Waals surface area (Å²) in [6.07, 6.45) is 10.0. The van der Waals surface area contributed by atoms with Crippen LogP contribution in [0.25, 0.3) is 0 Å². The molecule has 0 aromatic heterocycles. The molecule has 0 spiro atoms. The van der Waals surface area contributed by atoms with Crippen LogP contribution in [-0.4, -0.2) is 18.5 Å². The van der Waals surface area contributed by atoms with Crippen LogP contribution in [0.2, 0.25) is 0 Å². The van der Waals surface area contributed by atoms with E-state index in [9.17, 15) is 13.2 Å². The maximum atomic E-state index is 10.7. The van der Waals surface area contributed by atoms with Crippen molar-refractivity contribution in [2.75, 3.05) is 0 Å². The Labute approximate surface area is 80.4 Å². The standard InChI is InChI=1S/C6H10.CHF3O3S/c1-2-4-6-5-3-1;2-1(3,4)8(5,6)7/h1-2H,3-6H2;(H,5,6,7). The molecule has 7 heteroatoms. The summed E-state index contributed by atoms with van der Waals surface area (Å²) >= 11 is 0. The normalized spacial score (nSPS) is 17.1. The van der Waals surface area contributed by atoms with E-state index in [1.807, 2.05) is 0 Å². The molecule has 1 rings (SSSR count). The topological polar surface area (TPSA) is 54.4 Å². The maximum absolute atomic E-state index is 10.7. The average molecular weight is 232 g/mol. The van der Waals surface area contributed by atoms with Gasteiger partial charge in [0, 0.05) is 0 Å². The fourth-order valence-corrected chi connectivity index (χ4v) is 0.760. The van der Waals surface area contributed by atoms with Crippen molar-refractivity contribution >= 4 is 10.1 Å². The Morgan fingerprint density at radius 2 is 1.36 bits per heavy atom. The summed E-state index contributed by atoms with van der Waals surface area (Å²) in [5.41, 5.74) is -5.53. The highest BCUT2D eigenvalue weighted by Crippen LogP contribution is 2.20. The van der Waals surface area contributed by atoms with Crippen LogP contribution in [0, 0.1) is 0 Å². The molecule has 0 saturated heterocycles. The highest BCUT2D eigenvalue weighted by molar-refractivity contribution is 7.86. The van der Waals surface area contributed by atoms with Gasteiger partial charge in [0.1, 0.15) is 0 Å². The van der Waals surface area contributed by atoms with E-state index in [1.165, 1.54) is 25.7 Å². The molecule has 0 aromatic carbocycles. The number of allylic oxidation sites excluding steroid dienone is 2. The van der Waals surface area contributed by atoms with Crippen molar-refractivity contribution in [3.63, 3.8) is 0 Å². The molecule has 0 heterocycles. The average Bonchev–Trinajstić information content (AvgIpc) is 2.05. The van der Waals surface area contributed by atoms with Crippen LogP contribution in [0.3, 0.4) is 0 Å². The number of alkyl halides is 3. The van der Waals surface area contributed by atoms with E-state index < -0.39 is 15.6 Å². The summed E-state index contributed by atoms with van der Waals surface area (Å²) < 4.78 is 57.5. The Balaban J connectivity index is 0.000000249. The summed E-state index contributed by atoms with van der Waals surface area (Å²) in [4.78, 5) is 0. The van der Waals surface area contributed by atoms with Gasteiger partial charge < -0.3 is 0 Å². The zero-order chi connectivity index (χ0) is 11.2. The first-order valence-electron chi connectivity index (χ1n) is 3.94. The molecule has 0 amide bonds. The van der Waals surface area contributed by atoms with E-state index in [0.29, 0.717) is 0 Å². The van der Waals surface area contributed by atoms with Crippen molar-refractivity contribution < 1.29 is 26.1 Å². The summed E-state index contributed by atoms with van der Waals surface area (Å²) in [6, 6.07) is 0. The van der Waals surface area contributed by atoms with Crippen LogP contribution in [0.4, 0.5) is 13.2 Å². The van der Waals surface area contributed by atoms with Crippen molar-refractivity contribution in [3.05, 3.63) is 12.2 Å². The molecular formula is C7H11F3O3S. The predicted octanol–water partition coefficient (Wildman–Crippen LogP) is 2.51. The van der Waals surface area contributed by atoms with Crippen molar-refractivity contribution in [1.29, 1.82) is 0 Å². The van der Waals surface area contributed by atoms with Gasteiger partial charge >= 0.3 is 15.6 Å². The minimum absolute atomic E-state index is 1.32. The molecule has 1 aliphatic rings. The van der Waals surface area contributed by atoms with E-state index >= 15 is 0 Å². The van der Waals surface area contributed by atoms with E-state index in [-0.39, 0.29) is 0 Å². The van der Waals surface area contributed by atoms with Gasteiger partial charge in [-0.05, 0) is 25.7 Å². The highest BCUT2D eigenvalue weighted by atomic mass is 32.2. The maximum Gasteiger partial charge on any atom is 0.522 e. The van der Waals surface area contributed by atoms with Crippen LogP contribution in [0.15, 0.2) is 12.2 Å². The molecule has 1 N–H and O–H groups in total. The minimum Gasteiger partial charge on any atom is -0.279 e. The third kappa shape index (κ3) is 5.98. The molecule has 0 unspecified atom stereocenters. The molecule has 0 aliphatic heterocycles. The molecule has 0 bridgehead atoms. The van der Waals surface area contributed by atoms with Gasteiger partial charge in [0.15, 0.2) is 0 Å². The quantitative estimate of drug-likeness (QED) is 0.396. The summed E-state index contributed by atoms with van der Waals surface area (Å²) in [7, 11) is -5.84. The Hall–Kier alpha value is -0.560. The lowest BCUT2D eigenvalue weighted by Gasteiger charge is -1.97. The van der Waals surface area contributed by atoms with E-state index in [2.05, 4.69) is 12.2 Å². The van der Waals surface area contributed by atoms with Gasteiger partial charge in [0.25, 0.3) is 0 Å². The highest BCUT2D eigenvalue weighted by Gasteiger charge is 2.44. The van der Waals surface area contributed by atoms with Crippen LogP contribution < -0.4 is 0 Å². The van der Waals surface area contributed by atoms with Gasteiger partial charge in [0.05, 0.1) is 0 Å². The second-order valence-corrected chi connectivity index (χ2v) is 4.09. The van der Waals surface area contributed by atoms with Gasteiger partial charge in [0.2, 0.25) is 0 Å². The fourth-order valence-electron chi connectivity index (χ4n) is 0.760. The lowest BCUT2D eigenvalue weighted by molar-refractivity contribution is -0.0510. The Morgan fingerprint density at radius 3 is 1.43 bits per heavy atom. The first kappa shape index (κ1) is 13.4. The lowest BCUT2D eigenvalue weighted by atomic mass is 10.1. The molecule has 0 saturated carbocycles. The zero-order valence-corrected chi connectivity index (χ0v) is 8.11. The minimum atomic E-state index is -5.84. The Kier molecular flexibility index (Phi) is 5.14. The van der Waals surface area contributed by atoms with Crippen molar-refractivity contribution in [1.82, 2.24) is 0 Å². The van der Waals surface area contributed by atoms with E-state index in [1.54, 1.807) is 0 Å².